The third-order valence-corrected chi connectivity index (χ3v) is 3.09. The third kappa shape index (κ3) is 3.49. The molecule has 3 N–H and O–H groups in total. The van der Waals surface area contributed by atoms with Gasteiger partial charge in [0.05, 0.1) is 10.7 Å². The normalized spacial score (nSPS) is 9.93. The number of aliphatic carboxylic acids is 1. The van der Waals surface area contributed by atoms with Crippen molar-refractivity contribution in [2.45, 2.75) is 4.90 Å². The molecule has 0 amide bonds. The molecule has 0 radical (unpaired) electrons. The minimum Gasteiger partial charge on any atom is -0.478 e. The number of nitrogen functional groups attached to an aromatic ring is 1. The molecule has 0 aromatic heterocycles. The molecule has 1 aromatic carbocycles. The van der Waals surface area contributed by atoms with Gasteiger partial charge in [-0.05, 0) is 18.2 Å². The summed E-state index contributed by atoms with van der Waals surface area (Å²) in [5.41, 5.74) is 6.21. The van der Waals surface area contributed by atoms with E-state index in [2.05, 4.69) is 6.58 Å². The fourth-order valence-electron chi connectivity index (χ4n) is 0.830. The highest BCUT2D eigenvalue weighted by Gasteiger charge is 2.05. The van der Waals surface area contributed by atoms with Crippen LogP contribution < -0.4 is 5.73 Å². The first-order valence-corrected chi connectivity index (χ1v) is 5.46. The van der Waals surface area contributed by atoms with Crippen LogP contribution in [-0.4, -0.2) is 16.8 Å². The molecule has 0 spiro atoms. The molecule has 1 aromatic rings. The molecule has 0 saturated heterocycles. The first kappa shape index (κ1) is 11.9. The summed E-state index contributed by atoms with van der Waals surface area (Å²) in [6.07, 6.45) is 0. The Morgan fingerprint density at radius 3 is 2.80 bits per heavy atom. The Kier molecular flexibility index (Phi) is 4.05. The summed E-state index contributed by atoms with van der Waals surface area (Å²) >= 11 is 7.17. The Bertz CT molecular complexity index is 406. The van der Waals surface area contributed by atoms with Gasteiger partial charge in [-0.2, -0.15) is 0 Å². The minimum absolute atomic E-state index is 0.160. The highest BCUT2D eigenvalue weighted by Crippen LogP contribution is 2.27. The van der Waals surface area contributed by atoms with E-state index < -0.39 is 5.97 Å². The second-order valence-corrected chi connectivity index (χ2v) is 4.34. The second kappa shape index (κ2) is 5.09. The number of thioether (sulfide) groups is 1. The average molecular weight is 244 g/mol. The Hall–Kier alpha value is -1.13. The van der Waals surface area contributed by atoms with Crippen molar-refractivity contribution in [1.82, 2.24) is 0 Å². The van der Waals surface area contributed by atoms with Crippen LogP contribution in [-0.2, 0) is 4.79 Å². The SMILES string of the molecule is C=C(CSc1ccc(N)c(Cl)c1)C(=O)O. The number of carboxylic acid groups (broad SMARTS) is 1. The van der Waals surface area contributed by atoms with E-state index in [-0.39, 0.29) is 5.57 Å². The van der Waals surface area contributed by atoms with E-state index in [1.807, 2.05) is 0 Å². The van der Waals surface area contributed by atoms with Crippen molar-refractivity contribution in [2.75, 3.05) is 11.5 Å². The average Bonchev–Trinajstić information content (AvgIpc) is 2.19. The van der Waals surface area contributed by atoms with E-state index in [1.165, 1.54) is 11.8 Å². The molecule has 15 heavy (non-hydrogen) atoms. The summed E-state index contributed by atoms with van der Waals surface area (Å²) in [5, 5.41) is 9.07. The molecule has 5 heteroatoms. The Labute approximate surface area is 96.9 Å². The van der Waals surface area contributed by atoms with E-state index in [1.54, 1.807) is 18.2 Å². The smallest absolute Gasteiger partial charge is 0.331 e. The summed E-state index contributed by atoms with van der Waals surface area (Å²) < 4.78 is 0. The maximum Gasteiger partial charge on any atom is 0.331 e. The Morgan fingerprint density at radius 2 is 2.27 bits per heavy atom. The molecule has 1 rings (SSSR count). The molecular weight excluding hydrogens is 234 g/mol. The number of anilines is 1. The lowest BCUT2D eigenvalue weighted by Crippen LogP contribution is -2.00. The molecule has 0 bridgehead atoms. The number of hydrogen-bond acceptors (Lipinski definition) is 3. The summed E-state index contributed by atoms with van der Waals surface area (Å²) in [6, 6.07) is 5.19. The predicted octanol–water partition coefficient (Wildman–Crippen LogP) is 2.66. The van der Waals surface area contributed by atoms with Gasteiger partial charge in [0, 0.05) is 16.2 Å². The third-order valence-electron chi connectivity index (χ3n) is 1.69. The molecule has 0 heterocycles. The zero-order chi connectivity index (χ0) is 11.4. The molecule has 0 unspecified atom stereocenters. The number of hydrogen-bond donors (Lipinski definition) is 2. The monoisotopic (exact) mass is 243 g/mol. The van der Waals surface area contributed by atoms with Crippen LogP contribution >= 0.6 is 23.4 Å². The lowest BCUT2D eigenvalue weighted by molar-refractivity contribution is -0.132. The van der Waals surface area contributed by atoms with E-state index in [4.69, 9.17) is 22.4 Å². The van der Waals surface area contributed by atoms with Gasteiger partial charge in [-0.25, -0.2) is 4.79 Å². The van der Waals surface area contributed by atoms with Gasteiger partial charge in [-0.1, -0.05) is 18.2 Å². The van der Waals surface area contributed by atoms with E-state index in [0.717, 1.165) is 4.90 Å². The number of carboxylic acids is 1. The van der Waals surface area contributed by atoms with Crippen molar-refractivity contribution in [3.8, 4) is 0 Å². The van der Waals surface area contributed by atoms with Crippen molar-refractivity contribution in [1.29, 1.82) is 0 Å². The molecule has 0 saturated carbocycles. The van der Waals surface area contributed by atoms with Crippen LogP contribution in [0.25, 0.3) is 0 Å². The molecule has 3 nitrogen and oxygen atoms in total. The van der Waals surface area contributed by atoms with Crippen molar-refractivity contribution in [3.05, 3.63) is 35.4 Å². The van der Waals surface area contributed by atoms with Gasteiger partial charge >= 0.3 is 5.97 Å². The predicted molar refractivity (Wildman–Crippen MR) is 63.4 cm³/mol. The molecular formula is C10H10ClNO2S. The lowest BCUT2D eigenvalue weighted by atomic mass is 10.3. The fourth-order valence-corrected chi connectivity index (χ4v) is 1.90. The van der Waals surface area contributed by atoms with Gasteiger partial charge in [0.2, 0.25) is 0 Å². The zero-order valence-corrected chi connectivity index (χ0v) is 9.44. The number of carbonyl (C=O) groups is 1. The number of rotatable bonds is 4. The number of halogens is 1. The Morgan fingerprint density at radius 1 is 1.60 bits per heavy atom. The van der Waals surface area contributed by atoms with Crippen LogP contribution in [0.1, 0.15) is 0 Å². The topological polar surface area (TPSA) is 63.3 Å². The van der Waals surface area contributed by atoms with Crippen molar-refractivity contribution < 1.29 is 9.90 Å². The quantitative estimate of drug-likeness (QED) is 0.485. The van der Waals surface area contributed by atoms with Crippen LogP contribution in [0.15, 0.2) is 35.2 Å². The maximum atomic E-state index is 10.5. The highest BCUT2D eigenvalue weighted by molar-refractivity contribution is 7.99. The summed E-state index contributed by atoms with van der Waals surface area (Å²) in [7, 11) is 0. The molecule has 0 fully saturated rings. The highest BCUT2D eigenvalue weighted by atomic mass is 35.5. The van der Waals surface area contributed by atoms with Crippen LogP contribution in [0.4, 0.5) is 5.69 Å². The molecule has 0 aliphatic heterocycles. The largest absolute Gasteiger partial charge is 0.478 e. The van der Waals surface area contributed by atoms with Gasteiger partial charge in [0.1, 0.15) is 0 Å². The van der Waals surface area contributed by atoms with Gasteiger partial charge < -0.3 is 10.8 Å². The zero-order valence-electron chi connectivity index (χ0n) is 7.87. The first-order chi connectivity index (χ1) is 7.00. The molecule has 0 aliphatic rings. The van der Waals surface area contributed by atoms with Gasteiger partial charge in [0.15, 0.2) is 0 Å². The van der Waals surface area contributed by atoms with Gasteiger partial charge in [-0.15, -0.1) is 11.8 Å². The van der Waals surface area contributed by atoms with Crippen molar-refractivity contribution >= 4 is 35.0 Å². The maximum absolute atomic E-state index is 10.5. The second-order valence-electron chi connectivity index (χ2n) is 2.88. The van der Waals surface area contributed by atoms with Crippen LogP contribution in [0, 0.1) is 0 Å². The van der Waals surface area contributed by atoms with Crippen LogP contribution in [0.5, 0.6) is 0 Å². The Balaban J connectivity index is 2.62. The van der Waals surface area contributed by atoms with Crippen molar-refractivity contribution in [3.63, 3.8) is 0 Å². The van der Waals surface area contributed by atoms with Gasteiger partial charge in [-0.3, -0.25) is 0 Å². The summed E-state index contributed by atoms with van der Waals surface area (Å²) in [5.74, 6) is -0.653. The number of benzene rings is 1. The molecule has 0 aliphatic carbocycles. The molecule has 0 atom stereocenters. The van der Waals surface area contributed by atoms with Crippen LogP contribution in [0.3, 0.4) is 0 Å². The van der Waals surface area contributed by atoms with E-state index >= 15 is 0 Å². The van der Waals surface area contributed by atoms with Crippen LogP contribution in [0.2, 0.25) is 5.02 Å². The first-order valence-electron chi connectivity index (χ1n) is 4.09. The van der Waals surface area contributed by atoms with Gasteiger partial charge in [0.25, 0.3) is 0 Å². The minimum atomic E-state index is -0.982. The number of nitrogens with two attached hydrogens (primary N) is 1. The fraction of sp³-hybridized carbons (Fsp3) is 0.100. The van der Waals surface area contributed by atoms with E-state index in [9.17, 15) is 4.79 Å². The lowest BCUT2D eigenvalue weighted by Gasteiger charge is -2.03. The summed E-state index contributed by atoms with van der Waals surface area (Å²) in [6.45, 7) is 3.43. The summed E-state index contributed by atoms with van der Waals surface area (Å²) in [4.78, 5) is 11.4. The van der Waals surface area contributed by atoms with Crippen molar-refractivity contribution in [2.24, 2.45) is 0 Å². The molecule has 80 valence electrons. The standard InChI is InChI=1S/C10H10ClNO2S/c1-6(10(13)14)5-15-7-2-3-9(12)8(11)4-7/h2-4H,1,5,12H2,(H,13,14). The van der Waals surface area contributed by atoms with E-state index in [0.29, 0.717) is 16.5 Å².